The summed E-state index contributed by atoms with van der Waals surface area (Å²) in [5, 5.41) is 3.91. The average Bonchev–Trinajstić information content (AvgIpc) is 2.78. The summed E-state index contributed by atoms with van der Waals surface area (Å²) >= 11 is 0. The maximum atomic E-state index is 6.02. The number of rotatable bonds is 0. The molecule has 1 aromatic heterocycles. The van der Waals surface area contributed by atoms with Gasteiger partial charge in [0.2, 0.25) is 0 Å². The summed E-state index contributed by atoms with van der Waals surface area (Å²) in [5.41, 5.74) is 1.71. The lowest BCUT2D eigenvalue weighted by Crippen LogP contribution is -2.43. The largest absolute Gasteiger partial charge is 0.358 e. The van der Waals surface area contributed by atoms with E-state index in [9.17, 15) is 0 Å². The zero-order valence-electron chi connectivity index (χ0n) is 8.95. The molecule has 1 saturated heterocycles. The van der Waals surface area contributed by atoms with E-state index in [0.29, 0.717) is 5.41 Å². The first-order valence-electron chi connectivity index (χ1n) is 5.86. The quantitative estimate of drug-likeness (QED) is 0.611. The molecule has 3 heteroatoms. The number of nitrogens with zero attached hydrogens (tertiary/aromatic N) is 1. The number of ether oxygens (including phenoxy) is 1. The van der Waals surface area contributed by atoms with Gasteiger partial charge in [-0.2, -0.15) is 0 Å². The van der Waals surface area contributed by atoms with Crippen LogP contribution >= 0.6 is 0 Å². The van der Waals surface area contributed by atoms with Gasteiger partial charge in [-0.25, -0.2) is 0 Å². The molecule has 0 unspecified atom stereocenters. The Morgan fingerprint density at radius 3 is 3.20 bits per heavy atom. The molecule has 2 aliphatic carbocycles. The van der Waals surface area contributed by atoms with Crippen LogP contribution in [0.15, 0.2) is 10.7 Å². The summed E-state index contributed by atoms with van der Waals surface area (Å²) < 4.78 is 11.3. The predicted molar refractivity (Wildman–Crippen MR) is 53.3 cm³/mol. The highest BCUT2D eigenvalue weighted by Gasteiger charge is 2.71. The molecule has 4 rings (SSSR count). The van der Waals surface area contributed by atoms with E-state index >= 15 is 0 Å². The van der Waals surface area contributed by atoms with Gasteiger partial charge in [-0.05, 0) is 19.3 Å². The van der Waals surface area contributed by atoms with Gasteiger partial charge in [0, 0.05) is 11.0 Å². The summed E-state index contributed by atoms with van der Waals surface area (Å²) in [5.74, 6) is 1.01. The van der Waals surface area contributed by atoms with Crippen molar-refractivity contribution in [2.24, 2.45) is 5.41 Å². The number of epoxide rings is 1. The Kier molecular flexibility index (Phi) is 1.27. The second kappa shape index (κ2) is 2.29. The summed E-state index contributed by atoms with van der Waals surface area (Å²) in [6.45, 7) is 2.38. The van der Waals surface area contributed by atoms with Crippen molar-refractivity contribution in [3.63, 3.8) is 0 Å². The van der Waals surface area contributed by atoms with Crippen LogP contribution in [0.2, 0.25) is 0 Å². The van der Waals surface area contributed by atoms with E-state index in [4.69, 9.17) is 9.26 Å². The molecular formula is C12H15NO2. The Morgan fingerprint density at radius 1 is 1.40 bits per heavy atom. The lowest BCUT2D eigenvalue weighted by molar-refractivity contribution is 0.0669. The minimum Gasteiger partial charge on any atom is -0.358 e. The van der Waals surface area contributed by atoms with Gasteiger partial charge in [0.05, 0.1) is 6.20 Å². The number of aromatic nitrogens is 1. The van der Waals surface area contributed by atoms with E-state index < -0.39 is 0 Å². The van der Waals surface area contributed by atoms with Gasteiger partial charge in [-0.15, -0.1) is 0 Å². The number of hydrogen-bond donors (Lipinski definition) is 0. The molecule has 0 radical (unpaired) electrons. The molecule has 1 aromatic rings. The lowest BCUT2D eigenvalue weighted by Gasteiger charge is -2.41. The highest BCUT2D eigenvalue weighted by Crippen LogP contribution is 2.69. The second-order valence-corrected chi connectivity index (χ2v) is 5.55. The monoisotopic (exact) mass is 205 g/mol. The summed E-state index contributed by atoms with van der Waals surface area (Å²) in [4.78, 5) is 0. The molecule has 0 amide bonds. The van der Waals surface area contributed by atoms with Crippen molar-refractivity contribution >= 4 is 0 Å². The van der Waals surface area contributed by atoms with Gasteiger partial charge in [-0.3, -0.25) is 0 Å². The van der Waals surface area contributed by atoms with Crippen LogP contribution in [0.3, 0.4) is 0 Å². The summed E-state index contributed by atoms with van der Waals surface area (Å²) in [6.07, 6.45) is 8.31. The highest BCUT2D eigenvalue weighted by atomic mass is 16.6. The van der Waals surface area contributed by atoms with Crippen molar-refractivity contribution in [2.75, 3.05) is 0 Å². The predicted octanol–water partition coefficient (Wildman–Crippen LogP) is 2.62. The lowest BCUT2D eigenvalue weighted by atomic mass is 9.60. The molecular weight excluding hydrogens is 190 g/mol. The zero-order valence-corrected chi connectivity index (χ0v) is 8.95. The molecule has 1 saturated carbocycles. The standard InChI is InChI=1S/C12H15NO2/c1-11-4-2-3-5-12(11)10(14-12)9-8(6-11)7-13-15-9/h7,10H,2-6H2,1H3/t10-,11+,12-/m0/s1. The van der Waals surface area contributed by atoms with E-state index in [-0.39, 0.29) is 11.7 Å². The molecule has 1 aliphatic heterocycles. The van der Waals surface area contributed by atoms with Crippen molar-refractivity contribution in [1.82, 2.24) is 5.16 Å². The minimum absolute atomic E-state index is 0.109. The molecule has 0 N–H and O–H groups in total. The molecule has 0 aromatic carbocycles. The Hall–Kier alpha value is -0.830. The summed E-state index contributed by atoms with van der Waals surface area (Å²) in [7, 11) is 0. The third-order valence-electron chi connectivity index (χ3n) is 4.74. The smallest absolute Gasteiger partial charge is 0.171 e. The van der Waals surface area contributed by atoms with Gasteiger partial charge < -0.3 is 9.26 Å². The SMILES string of the molecule is C[C@]12CCCC[C@@]13O[C@H]3c1oncc1C2. The van der Waals surface area contributed by atoms with E-state index in [0.717, 1.165) is 12.2 Å². The maximum absolute atomic E-state index is 6.02. The fraction of sp³-hybridized carbons (Fsp3) is 0.750. The van der Waals surface area contributed by atoms with Crippen LogP contribution in [0.4, 0.5) is 0 Å². The van der Waals surface area contributed by atoms with Gasteiger partial charge in [0.1, 0.15) is 11.7 Å². The summed E-state index contributed by atoms with van der Waals surface area (Å²) in [6, 6.07) is 0. The third kappa shape index (κ3) is 0.805. The first-order valence-corrected chi connectivity index (χ1v) is 5.86. The Morgan fingerprint density at radius 2 is 2.27 bits per heavy atom. The van der Waals surface area contributed by atoms with Crippen LogP contribution in [0.5, 0.6) is 0 Å². The molecule has 3 atom stereocenters. The van der Waals surface area contributed by atoms with E-state index in [1.165, 1.54) is 31.2 Å². The third-order valence-corrected chi connectivity index (χ3v) is 4.74. The van der Waals surface area contributed by atoms with Gasteiger partial charge in [0.15, 0.2) is 5.76 Å². The molecule has 1 spiro atoms. The second-order valence-electron chi connectivity index (χ2n) is 5.55. The zero-order chi connectivity index (χ0) is 10.1. The normalized spacial score (nSPS) is 46.6. The van der Waals surface area contributed by atoms with E-state index in [1.54, 1.807) is 0 Å². The van der Waals surface area contributed by atoms with Crippen molar-refractivity contribution in [3.05, 3.63) is 17.5 Å². The highest BCUT2D eigenvalue weighted by molar-refractivity contribution is 5.35. The first kappa shape index (κ1) is 8.34. The molecule has 2 fully saturated rings. The molecule has 15 heavy (non-hydrogen) atoms. The van der Waals surface area contributed by atoms with Crippen molar-refractivity contribution < 1.29 is 9.26 Å². The van der Waals surface area contributed by atoms with Crippen molar-refractivity contribution in [2.45, 2.75) is 50.7 Å². The first-order chi connectivity index (χ1) is 7.25. The van der Waals surface area contributed by atoms with Gasteiger partial charge >= 0.3 is 0 Å². The minimum atomic E-state index is 0.109. The topological polar surface area (TPSA) is 38.6 Å². The van der Waals surface area contributed by atoms with Crippen LogP contribution in [0.1, 0.15) is 50.0 Å². The van der Waals surface area contributed by atoms with Crippen LogP contribution in [-0.2, 0) is 11.2 Å². The van der Waals surface area contributed by atoms with Crippen LogP contribution in [-0.4, -0.2) is 10.8 Å². The fourth-order valence-corrected chi connectivity index (χ4v) is 3.78. The molecule has 3 aliphatic rings. The molecule has 80 valence electrons. The maximum Gasteiger partial charge on any atom is 0.171 e. The molecule has 0 bridgehead atoms. The van der Waals surface area contributed by atoms with Crippen LogP contribution in [0.25, 0.3) is 0 Å². The van der Waals surface area contributed by atoms with E-state index in [2.05, 4.69) is 12.1 Å². The van der Waals surface area contributed by atoms with Crippen molar-refractivity contribution in [3.8, 4) is 0 Å². The average molecular weight is 205 g/mol. The van der Waals surface area contributed by atoms with Crippen molar-refractivity contribution in [1.29, 1.82) is 0 Å². The van der Waals surface area contributed by atoms with Crippen LogP contribution in [0, 0.1) is 5.41 Å². The van der Waals surface area contributed by atoms with Gasteiger partial charge in [0.25, 0.3) is 0 Å². The molecule has 3 nitrogen and oxygen atoms in total. The number of fused-ring (bicyclic) bond motifs is 2. The Bertz CT molecular complexity index is 421. The Balaban J connectivity index is 1.87. The molecule has 2 heterocycles. The van der Waals surface area contributed by atoms with Crippen LogP contribution < -0.4 is 0 Å². The van der Waals surface area contributed by atoms with E-state index in [1.807, 2.05) is 6.20 Å². The van der Waals surface area contributed by atoms with Gasteiger partial charge in [-0.1, -0.05) is 24.9 Å². The Labute approximate surface area is 88.8 Å². The fourth-order valence-electron chi connectivity index (χ4n) is 3.78. The number of hydrogen-bond acceptors (Lipinski definition) is 3.